The number of sulfonamides is 1. The lowest BCUT2D eigenvalue weighted by atomic mass is 10.3. The molecule has 2 aromatic carbocycles. The Bertz CT molecular complexity index is 1070. The molecule has 1 amide bonds. The fourth-order valence-electron chi connectivity index (χ4n) is 2.92. The van der Waals surface area contributed by atoms with Crippen molar-refractivity contribution in [3.8, 4) is 5.75 Å². The first kappa shape index (κ1) is 21.9. The van der Waals surface area contributed by atoms with Gasteiger partial charge in [-0.25, -0.2) is 12.8 Å². The summed E-state index contributed by atoms with van der Waals surface area (Å²) in [5.41, 5.74) is -0.203. The highest BCUT2D eigenvalue weighted by molar-refractivity contribution is 7.89. The number of ether oxygens (including phenoxy) is 1. The van der Waals surface area contributed by atoms with Crippen LogP contribution in [0.4, 0.5) is 10.1 Å². The highest BCUT2D eigenvalue weighted by atomic mass is 35.5. The van der Waals surface area contributed by atoms with E-state index in [9.17, 15) is 27.7 Å². The van der Waals surface area contributed by atoms with Gasteiger partial charge in [-0.1, -0.05) is 23.7 Å². The lowest BCUT2D eigenvalue weighted by Gasteiger charge is -2.34. The van der Waals surface area contributed by atoms with E-state index in [1.807, 2.05) is 0 Å². The second kappa shape index (κ2) is 8.94. The van der Waals surface area contributed by atoms with Gasteiger partial charge in [-0.3, -0.25) is 14.9 Å². The number of hydrogen-bond acceptors (Lipinski definition) is 6. The molecule has 1 heterocycles. The van der Waals surface area contributed by atoms with E-state index in [2.05, 4.69) is 0 Å². The van der Waals surface area contributed by atoms with Crippen LogP contribution in [0.3, 0.4) is 0 Å². The van der Waals surface area contributed by atoms with Gasteiger partial charge in [0, 0.05) is 38.3 Å². The molecule has 9 nitrogen and oxygen atoms in total. The number of nitrogens with zero attached hydrogens (tertiary/aromatic N) is 3. The Morgan fingerprint density at radius 2 is 1.83 bits per heavy atom. The van der Waals surface area contributed by atoms with Crippen molar-refractivity contribution in [2.24, 2.45) is 0 Å². The van der Waals surface area contributed by atoms with Gasteiger partial charge in [-0.15, -0.1) is 0 Å². The van der Waals surface area contributed by atoms with Crippen LogP contribution in [0.5, 0.6) is 5.75 Å². The molecular weight excluding hydrogens is 441 g/mol. The van der Waals surface area contributed by atoms with Crippen LogP contribution in [-0.2, 0) is 14.8 Å². The molecule has 1 saturated heterocycles. The maximum atomic E-state index is 13.9. The van der Waals surface area contributed by atoms with Gasteiger partial charge in [0.2, 0.25) is 10.0 Å². The SMILES string of the molecule is O=C(COc1ccc([N+](=O)[O-])cc1Cl)N1CCN(S(=O)(=O)c2ccccc2F)CC1. The first-order valence-corrected chi connectivity index (χ1v) is 10.6. The van der Waals surface area contributed by atoms with Gasteiger partial charge in [0.05, 0.1) is 9.95 Å². The average molecular weight is 458 g/mol. The van der Waals surface area contributed by atoms with Crippen molar-refractivity contribution in [2.45, 2.75) is 4.90 Å². The maximum Gasteiger partial charge on any atom is 0.271 e. The van der Waals surface area contributed by atoms with Crippen LogP contribution in [0.15, 0.2) is 47.4 Å². The molecule has 0 aliphatic carbocycles. The zero-order chi connectivity index (χ0) is 21.9. The first-order valence-electron chi connectivity index (χ1n) is 8.79. The van der Waals surface area contributed by atoms with Gasteiger partial charge in [-0.05, 0) is 18.2 Å². The molecule has 0 unspecified atom stereocenters. The monoisotopic (exact) mass is 457 g/mol. The Balaban J connectivity index is 1.57. The van der Waals surface area contributed by atoms with Crippen molar-refractivity contribution in [3.05, 3.63) is 63.4 Å². The molecule has 0 bridgehead atoms. The molecule has 3 rings (SSSR count). The van der Waals surface area contributed by atoms with Gasteiger partial charge in [-0.2, -0.15) is 4.31 Å². The first-order chi connectivity index (χ1) is 14.2. The number of halogens is 2. The van der Waals surface area contributed by atoms with E-state index in [-0.39, 0.29) is 49.2 Å². The molecule has 0 N–H and O–H groups in total. The number of carbonyl (C=O) groups is 1. The third-order valence-corrected chi connectivity index (χ3v) is 6.75. The number of nitro benzene ring substituents is 1. The summed E-state index contributed by atoms with van der Waals surface area (Å²) in [5.74, 6) is -1.10. The Labute approximate surface area is 176 Å². The van der Waals surface area contributed by atoms with Crippen LogP contribution in [0.1, 0.15) is 0 Å². The van der Waals surface area contributed by atoms with Crippen LogP contribution in [0.25, 0.3) is 0 Å². The van der Waals surface area contributed by atoms with Crippen LogP contribution < -0.4 is 4.74 Å². The second-order valence-electron chi connectivity index (χ2n) is 6.38. The summed E-state index contributed by atoms with van der Waals surface area (Å²) in [6, 6.07) is 8.74. The van der Waals surface area contributed by atoms with Crippen LogP contribution in [0.2, 0.25) is 5.02 Å². The summed E-state index contributed by atoms with van der Waals surface area (Å²) in [5, 5.41) is 10.7. The Kier molecular flexibility index (Phi) is 6.54. The fourth-order valence-corrected chi connectivity index (χ4v) is 4.64. The molecule has 2 aromatic rings. The minimum atomic E-state index is -4.00. The average Bonchev–Trinajstić information content (AvgIpc) is 2.72. The number of rotatable bonds is 6. The smallest absolute Gasteiger partial charge is 0.271 e. The molecule has 0 spiro atoms. The van der Waals surface area contributed by atoms with Crippen LogP contribution >= 0.6 is 11.6 Å². The summed E-state index contributed by atoms with van der Waals surface area (Å²) in [6.45, 7) is -0.104. The van der Waals surface area contributed by atoms with Gasteiger partial charge < -0.3 is 9.64 Å². The summed E-state index contributed by atoms with van der Waals surface area (Å²) in [6.07, 6.45) is 0. The third-order valence-electron chi connectivity index (χ3n) is 4.52. The number of non-ortho nitro benzene ring substituents is 1. The van der Waals surface area contributed by atoms with E-state index >= 15 is 0 Å². The third kappa shape index (κ3) is 4.69. The van der Waals surface area contributed by atoms with Gasteiger partial charge in [0.1, 0.15) is 16.5 Å². The molecule has 30 heavy (non-hydrogen) atoms. The van der Waals surface area contributed by atoms with Crippen molar-refractivity contribution in [2.75, 3.05) is 32.8 Å². The lowest BCUT2D eigenvalue weighted by molar-refractivity contribution is -0.384. The molecule has 0 aromatic heterocycles. The van der Waals surface area contributed by atoms with E-state index in [0.29, 0.717) is 0 Å². The number of hydrogen-bond donors (Lipinski definition) is 0. The van der Waals surface area contributed by atoms with Crippen molar-refractivity contribution in [1.82, 2.24) is 9.21 Å². The van der Waals surface area contributed by atoms with Crippen molar-refractivity contribution in [1.29, 1.82) is 0 Å². The van der Waals surface area contributed by atoms with E-state index < -0.39 is 31.6 Å². The van der Waals surface area contributed by atoms with Crippen molar-refractivity contribution in [3.63, 3.8) is 0 Å². The molecule has 160 valence electrons. The summed E-state index contributed by atoms with van der Waals surface area (Å²) in [7, 11) is -4.00. The topological polar surface area (TPSA) is 110 Å². The molecule has 1 aliphatic heterocycles. The van der Waals surface area contributed by atoms with E-state index in [0.717, 1.165) is 16.4 Å². The van der Waals surface area contributed by atoms with Crippen LogP contribution in [0, 0.1) is 15.9 Å². The molecule has 0 atom stereocenters. The highest BCUT2D eigenvalue weighted by Gasteiger charge is 2.31. The van der Waals surface area contributed by atoms with Crippen molar-refractivity contribution < 1.29 is 27.3 Å². The number of carbonyl (C=O) groups excluding carboxylic acids is 1. The van der Waals surface area contributed by atoms with E-state index in [1.165, 1.54) is 35.2 Å². The highest BCUT2D eigenvalue weighted by Crippen LogP contribution is 2.28. The minimum Gasteiger partial charge on any atom is -0.482 e. The minimum absolute atomic E-state index is 0.00204. The molecule has 1 fully saturated rings. The molecule has 0 radical (unpaired) electrons. The normalized spacial score (nSPS) is 15.1. The predicted molar refractivity (Wildman–Crippen MR) is 105 cm³/mol. The number of piperazine rings is 1. The van der Waals surface area contributed by atoms with Crippen molar-refractivity contribution >= 4 is 33.2 Å². The largest absolute Gasteiger partial charge is 0.482 e. The fraction of sp³-hybridized carbons (Fsp3) is 0.278. The maximum absolute atomic E-state index is 13.9. The summed E-state index contributed by atoms with van der Waals surface area (Å²) >= 11 is 5.92. The van der Waals surface area contributed by atoms with Gasteiger partial charge in [0.25, 0.3) is 11.6 Å². The summed E-state index contributed by atoms with van der Waals surface area (Å²) in [4.78, 5) is 23.5. The van der Waals surface area contributed by atoms with Crippen LogP contribution in [-0.4, -0.2) is 61.2 Å². The standard InChI is InChI=1S/C18H17ClFN3O6S/c19-14-11-13(23(25)26)5-6-16(14)29-12-18(24)21-7-9-22(10-8-21)30(27,28)17-4-2-1-3-15(17)20/h1-6,11H,7-10,12H2. The Hall–Kier alpha value is -2.76. The quantitative estimate of drug-likeness (QED) is 0.486. The number of amides is 1. The van der Waals surface area contributed by atoms with E-state index in [4.69, 9.17) is 16.3 Å². The lowest BCUT2D eigenvalue weighted by Crippen LogP contribution is -2.51. The molecule has 12 heteroatoms. The zero-order valence-corrected chi connectivity index (χ0v) is 17.1. The Morgan fingerprint density at radius 3 is 2.43 bits per heavy atom. The van der Waals surface area contributed by atoms with E-state index in [1.54, 1.807) is 0 Å². The van der Waals surface area contributed by atoms with Gasteiger partial charge in [0.15, 0.2) is 6.61 Å². The number of benzene rings is 2. The van der Waals surface area contributed by atoms with Gasteiger partial charge >= 0.3 is 0 Å². The molecule has 0 saturated carbocycles. The second-order valence-corrected chi connectivity index (χ2v) is 8.69. The zero-order valence-electron chi connectivity index (χ0n) is 15.5. The molecular formula is C18H17ClFN3O6S. The predicted octanol–water partition coefficient (Wildman–Crippen LogP) is 2.30. The molecule has 1 aliphatic rings. The summed E-state index contributed by atoms with van der Waals surface area (Å²) < 4.78 is 45.5. The Morgan fingerprint density at radius 1 is 1.17 bits per heavy atom. The number of nitro groups is 1.